The Hall–Kier alpha value is -3.57. The molecule has 3 aromatic rings. The Kier molecular flexibility index (Phi) is 5.43. The zero-order chi connectivity index (χ0) is 21.2. The number of hydrogen-bond donors (Lipinski definition) is 3. The summed E-state index contributed by atoms with van der Waals surface area (Å²) in [6.45, 7) is 1.36. The Morgan fingerprint density at radius 1 is 1.10 bits per heavy atom. The Morgan fingerprint density at radius 2 is 1.72 bits per heavy atom. The lowest BCUT2D eigenvalue weighted by Crippen LogP contribution is -2.30. The number of amides is 1. The molecule has 0 bridgehead atoms. The summed E-state index contributed by atoms with van der Waals surface area (Å²) >= 11 is 0. The average molecular weight is 416 g/mol. The van der Waals surface area contributed by atoms with Crippen molar-refractivity contribution in [3.8, 4) is 0 Å². The molecule has 0 saturated carbocycles. The minimum atomic E-state index is -3.85. The van der Waals surface area contributed by atoms with Gasteiger partial charge in [-0.15, -0.1) is 0 Å². The summed E-state index contributed by atoms with van der Waals surface area (Å²) in [5.41, 5.74) is -0.291. The molecule has 2 aromatic carbocycles. The second kappa shape index (κ2) is 7.81. The molecule has 1 unspecified atom stereocenters. The van der Waals surface area contributed by atoms with E-state index in [-0.39, 0.29) is 21.7 Å². The Balaban J connectivity index is 1.72. The van der Waals surface area contributed by atoms with Gasteiger partial charge in [0.2, 0.25) is 10.0 Å². The van der Waals surface area contributed by atoms with Crippen LogP contribution in [0.4, 0.5) is 5.69 Å². The number of H-pyrrole nitrogens is 1. The highest BCUT2D eigenvalue weighted by Crippen LogP contribution is 2.16. The molecule has 0 fully saturated rings. The number of benzene rings is 2. The lowest BCUT2D eigenvalue weighted by Gasteiger charge is -2.14. The van der Waals surface area contributed by atoms with Crippen molar-refractivity contribution in [1.29, 1.82) is 0 Å². The largest absolute Gasteiger partial charge is 0.448 e. The molecule has 10 nitrogen and oxygen atoms in total. The fourth-order valence-electron chi connectivity index (χ4n) is 2.51. The zero-order valence-electron chi connectivity index (χ0n) is 15.1. The third-order valence-electron chi connectivity index (χ3n) is 3.99. The van der Waals surface area contributed by atoms with Crippen molar-refractivity contribution in [3.05, 3.63) is 64.6 Å². The predicted octanol–water partition coefficient (Wildman–Crippen LogP) is 0.755. The number of aromatic amines is 1. The second-order valence-corrected chi connectivity index (χ2v) is 7.61. The number of carbonyl (C=O) groups is 2. The van der Waals surface area contributed by atoms with Gasteiger partial charge < -0.3 is 10.1 Å². The summed E-state index contributed by atoms with van der Waals surface area (Å²) < 4.78 is 27.6. The van der Waals surface area contributed by atoms with Crippen LogP contribution in [-0.2, 0) is 19.6 Å². The molecule has 11 heteroatoms. The molecule has 150 valence electrons. The van der Waals surface area contributed by atoms with E-state index in [1.54, 1.807) is 18.2 Å². The van der Waals surface area contributed by atoms with E-state index >= 15 is 0 Å². The van der Waals surface area contributed by atoms with Crippen molar-refractivity contribution >= 4 is 38.4 Å². The lowest BCUT2D eigenvalue weighted by molar-refractivity contribution is -0.123. The Bertz CT molecular complexity index is 1250. The van der Waals surface area contributed by atoms with E-state index in [0.717, 1.165) is 0 Å². The number of hydrogen-bond acceptors (Lipinski definition) is 7. The lowest BCUT2D eigenvalue weighted by atomic mass is 10.1. The van der Waals surface area contributed by atoms with Gasteiger partial charge in [0.15, 0.2) is 11.8 Å². The quantitative estimate of drug-likeness (QED) is 0.517. The van der Waals surface area contributed by atoms with Crippen LogP contribution in [0.25, 0.3) is 10.8 Å². The van der Waals surface area contributed by atoms with E-state index < -0.39 is 33.6 Å². The molecule has 0 spiro atoms. The van der Waals surface area contributed by atoms with Crippen LogP contribution in [0.2, 0.25) is 0 Å². The van der Waals surface area contributed by atoms with Gasteiger partial charge in [-0.25, -0.2) is 23.4 Å². The number of rotatable bonds is 5. The summed E-state index contributed by atoms with van der Waals surface area (Å²) in [7, 11) is -3.85. The molecule has 4 N–H and O–H groups in total. The standard InChI is InChI=1S/C18H16N4O6S/c1-10(16(23)20-11-6-8-12(9-7-11)29(19,26)27)28-18(25)15-13-4-2-3-5-14(13)17(24)22-21-15/h2-10H,1H3,(H,20,23)(H,22,24)(H2,19,26,27). The number of nitrogens with two attached hydrogens (primary N) is 1. The maximum absolute atomic E-state index is 12.4. The van der Waals surface area contributed by atoms with E-state index in [9.17, 15) is 22.8 Å². The van der Waals surface area contributed by atoms with Crippen LogP contribution in [-0.4, -0.2) is 36.6 Å². The van der Waals surface area contributed by atoms with Crippen molar-refractivity contribution in [3.63, 3.8) is 0 Å². The zero-order valence-corrected chi connectivity index (χ0v) is 15.9. The molecule has 29 heavy (non-hydrogen) atoms. The number of nitrogens with one attached hydrogen (secondary N) is 2. The first-order chi connectivity index (χ1) is 13.7. The van der Waals surface area contributed by atoms with Gasteiger partial charge in [0.05, 0.1) is 10.3 Å². The Morgan fingerprint density at radius 3 is 2.34 bits per heavy atom. The summed E-state index contributed by atoms with van der Waals surface area (Å²) in [5, 5.41) is 14.0. The van der Waals surface area contributed by atoms with Gasteiger partial charge >= 0.3 is 5.97 Å². The number of carbonyl (C=O) groups excluding carboxylic acids is 2. The number of nitrogens with zero attached hydrogens (tertiary/aromatic N) is 1. The van der Waals surface area contributed by atoms with E-state index in [0.29, 0.717) is 5.39 Å². The van der Waals surface area contributed by atoms with Crippen molar-refractivity contribution in [2.24, 2.45) is 5.14 Å². The van der Waals surface area contributed by atoms with Crippen LogP contribution in [0.1, 0.15) is 17.4 Å². The molecule has 1 heterocycles. The monoisotopic (exact) mass is 416 g/mol. The number of primary sulfonamides is 1. The first-order valence-electron chi connectivity index (χ1n) is 8.29. The third kappa shape index (κ3) is 4.47. The van der Waals surface area contributed by atoms with Gasteiger partial charge in [0.1, 0.15) is 0 Å². The van der Waals surface area contributed by atoms with Gasteiger partial charge in [-0.2, -0.15) is 5.10 Å². The van der Waals surface area contributed by atoms with Crippen LogP contribution in [0.5, 0.6) is 0 Å². The highest BCUT2D eigenvalue weighted by molar-refractivity contribution is 7.89. The second-order valence-electron chi connectivity index (χ2n) is 6.05. The fourth-order valence-corrected chi connectivity index (χ4v) is 3.03. The Labute approximate surface area is 164 Å². The van der Waals surface area contributed by atoms with Crippen LogP contribution in [0, 0.1) is 0 Å². The maximum Gasteiger partial charge on any atom is 0.360 e. The number of anilines is 1. The molecule has 0 aliphatic rings. The molecule has 1 atom stereocenters. The van der Waals surface area contributed by atoms with Crippen LogP contribution in [0.3, 0.4) is 0 Å². The molecule has 1 amide bonds. The molecule has 0 saturated heterocycles. The van der Waals surface area contributed by atoms with Crippen LogP contribution in [0.15, 0.2) is 58.2 Å². The van der Waals surface area contributed by atoms with Gasteiger partial charge in [-0.05, 0) is 37.3 Å². The van der Waals surface area contributed by atoms with Crippen molar-refractivity contribution < 1.29 is 22.7 Å². The fraction of sp³-hybridized carbons (Fsp3) is 0.111. The summed E-state index contributed by atoms with van der Waals surface area (Å²) in [5.74, 6) is -1.53. The predicted molar refractivity (Wildman–Crippen MR) is 104 cm³/mol. The van der Waals surface area contributed by atoms with Gasteiger partial charge in [-0.3, -0.25) is 9.59 Å². The molecular weight excluding hydrogens is 400 g/mol. The first-order valence-corrected chi connectivity index (χ1v) is 9.83. The van der Waals surface area contributed by atoms with E-state index in [1.807, 2.05) is 0 Å². The van der Waals surface area contributed by atoms with E-state index in [2.05, 4.69) is 15.5 Å². The topological polar surface area (TPSA) is 161 Å². The number of ether oxygens (including phenoxy) is 1. The van der Waals surface area contributed by atoms with Crippen molar-refractivity contribution in [1.82, 2.24) is 10.2 Å². The number of sulfonamides is 1. The molecule has 1 aromatic heterocycles. The van der Waals surface area contributed by atoms with E-state index in [1.165, 1.54) is 37.3 Å². The summed E-state index contributed by atoms with van der Waals surface area (Å²) in [6.07, 6.45) is -1.19. The molecule has 3 rings (SSSR count). The molecular formula is C18H16N4O6S. The van der Waals surface area contributed by atoms with Crippen molar-refractivity contribution in [2.45, 2.75) is 17.9 Å². The third-order valence-corrected chi connectivity index (χ3v) is 4.92. The van der Waals surface area contributed by atoms with E-state index in [4.69, 9.17) is 9.88 Å². The van der Waals surface area contributed by atoms with Gasteiger partial charge in [0.25, 0.3) is 11.5 Å². The maximum atomic E-state index is 12.4. The minimum absolute atomic E-state index is 0.106. The molecule has 0 aliphatic carbocycles. The number of aromatic nitrogens is 2. The number of fused-ring (bicyclic) bond motifs is 1. The number of esters is 1. The highest BCUT2D eigenvalue weighted by Gasteiger charge is 2.22. The van der Waals surface area contributed by atoms with Crippen LogP contribution >= 0.6 is 0 Å². The minimum Gasteiger partial charge on any atom is -0.448 e. The molecule has 0 radical (unpaired) electrons. The average Bonchev–Trinajstić information content (AvgIpc) is 2.68. The van der Waals surface area contributed by atoms with Gasteiger partial charge in [-0.1, -0.05) is 18.2 Å². The summed E-state index contributed by atoms with van der Waals surface area (Å²) in [4.78, 5) is 36.4. The highest BCUT2D eigenvalue weighted by atomic mass is 32.2. The van der Waals surface area contributed by atoms with Crippen molar-refractivity contribution in [2.75, 3.05) is 5.32 Å². The van der Waals surface area contributed by atoms with Crippen LogP contribution < -0.4 is 16.0 Å². The normalized spacial score (nSPS) is 12.3. The molecule has 0 aliphatic heterocycles. The van der Waals surface area contributed by atoms with Gasteiger partial charge in [0, 0.05) is 11.1 Å². The summed E-state index contributed by atoms with van der Waals surface area (Å²) in [6, 6.07) is 11.5. The SMILES string of the molecule is CC(OC(=O)c1n[nH]c(=O)c2ccccc12)C(=O)Nc1ccc(S(N)(=O)=O)cc1. The first kappa shape index (κ1) is 20.2. The smallest absolute Gasteiger partial charge is 0.360 e.